The molecule has 0 aromatic heterocycles. The van der Waals surface area contributed by atoms with Crippen LogP contribution in [0.1, 0.15) is 42.5 Å². The Balaban J connectivity index is 1.75. The normalized spacial score (nSPS) is 22.9. The maximum absolute atomic E-state index is 12.9. The molecule has 0 amide bonds. The van der Waals surface area contributed by atoms with E-state index in [2.05, 4.69) is 4.90 Å². The first-order valence-corrected chi connectivity index (χ1v) is 8.23. The molecule has 0 spiro atoms. The van der Waals surface area contributed by atoms with Crippen LogP contribution in [0.3, 0.4) is 0 Å². The van der Waals surface area contributed by atoms with Crippen molar-refractivity contribution in [3.63, 3.8) is 0 Å². The molecule has 1 aliphatic carbocycles. The van der Waals surface area contributed by atoms with E-state index in [1.54, 1.807) is 20.3 Å². The fraction of sp³-hybridized carbons (Fsp3) is 0.611. The number of Topliss-reactive ketones (excluding diaryl/α,β-unsaturated/α-hetero) is 1. The van der Waals surface area contributed by atoms with Gasteiger partial charge in [-0.05, 0) is 44.4 Å². The highest BCUT2D eigenvalue weighted by Crippen LogP contribution is 2.32. The van der Waals surface area contributed by atoms with Gasteiger partial charge in [-0.2, -0.15) is 0 Å². The van der Waals surface area contributed by atoms with Gasteiger partial charge >= 0.3 is 0 Å². The van der Waals surface area contributed by atoms with E-state index in [4.69, 9.17) is 9.47 Å². The van der Waals surface area contributed by atoms with Crippen LogP contribution in [0, 0.1) is 5.92 Å². The molecule has 1 aromatic carbocycles. The van der Waals surface area contributed by atoms with Crippen LogP contribution in [0.2, 0.25) is 0 Å². The van der Waals surface area contributed by atoms with Crippen LogP contribution < -0.4 is 9.47 Å². The van der Waals surface area contributed by atoms with Crippen LogP contribution in [0.5, 0.6) is 11.5 Å². The monoisotopic (exact) mass is 303 g/mol. The number of likely N-dealkylation sites (tertiary alicyclic amines) is 1. The molecule has 2 fully saturated rings. The Morgan fingerprint density at radius 3 is 2.59 bits per heavy atom. The Morgan fingerprint density at radius 1 is 1.14 bits per heavy atom. The number of carbonyl (C=O) groups is 1. The van der Waals surface area contributed by atoms with Crippen molar-refractivity contribution in [1.29, 1.82) is 0 Å². The molecule has 1 aliphatic heterocycles. The van der Waals surface area contributed by atoms with Gasteiger partial charge in [0.25, 0.3) is 0 Å². The van der Waals surface area contributed by atoms with E-state index in [0.717, 1.165) is 25.9 Å². The van der Waals surface area contributed by atoms with Crippen LogP contribution >= 0.6 is 0 Å². The maximum atomic E-state index is 12.9. The summed E-state index contributed by atoms with van der Waals surface area (Å²) in [7, 11) is 3.22. The first kappa shape index (κ1) is 15.3. The largest absolute Gasteiger partial charge is 0.497 e. The number of rotatable bonds is 5. The zero-order valence-corrected chi connectivity index (χ0v) is 13.5. The van der Waals surface area contributed by atoms with Crippen molar-refractivity contribution in [3.05, 3.63) is 23.8 Å². The lowest BCUT2D eigenvalue weighted by Gasteiger charge is -2.42. The quantitative estimate of drug-likeness (QED) is 0.783. The summed E-state index contributed by atoms with van der Waals surface area (Å²) < 4.78 is 10.6. The van der Waals surface area contributed by atoms with Gasteiger partial charge in [0.1, 0.15) is 11.5 Å². The summed E-state index contributed by atoms with van der Waals surface area (Å²) in [4.78, 5) is 15.4. The van der Waals surface area contributed by atoms with Gasteiger partial charge in [-0.25, -0.2) is 0 Å². The highest BCUT2D eigenvalue weighted by Gasteiger charge is 2.33. The Kier molecular flexibility index (Phi) is 4.67. The van der Waals surface area contributed by atoms with E-state index >= 15 is 0 Å². The molecule has 0 unspecified atom stereocenters. The predicted octanol–water partition coefficient (Wildman–Crippen LogP) is 3.15. The predicted molar refractivity (Wildman–Crippen MR) is 85.8 cm³/mol. The number of benzene rings is 1. The zero-order valence-electron chi connectivity index (χ0n) is 13.5. The van der Waals surface area contributed by atoms with Gasteiger partial charge in [0.05, 0.1) is 19.8 Å². The summed E-state index contributed by atoms with van der Waals surface area (Å²) in [5.41, 5.74) is 0.684. The lowest BCUT2D eigenvalue weighted by atomic mass is 9.85. The lowest BCUT2D eigenvalue weighted by Crippen LogP contribution is -2.47. The van der Waals surface area contributed by atoms with Crippen LogP contribution in [-0.2, 0) is 0 Å². The number of hydrogen-bond donors (Lipinski definition) is 0. The number of nitrogens with zero attached hydrogens (tertiary/aromatic N) is 1. The van der Waals surface area contributed by atoms with Crippen molar-refractivity contribution < 1.29 is 14.3 Å². The Morgan fingerprint density at radius 2 is 1.95 bits per heavy atom. The number of ketones is 1. The van der Waals surface area contributed by atoms with Gasteiger partial charge in [-0.1, -0.05) is 6.42 Å². The highest BCUT2D eigenvalue weighted by molar-refractivity contribution is 6.00. The SMILES string of the molecule is COc1ccc(C(=O)[C@H]2CCCN(C3CCC3)C2)c(OC)c1. The van der Waals surface area contributed by atoms with Crippen molar-refractivity contribution in [2.75, 3.05) is 27.3 Å². The summed E-state index contributed by atoms with van der Waals surface area (Å²) >= 11 is 0. The van der Waals surface area contributed by atoms with Crippen molar-refractivity contribution in [2.24, 2.45) is 5.92 Å². The summed E-state index contributed by atoms with van der Waals surface area (Å²) in [6, 6.07) is 6.18. The minimum atomic E-state index is 0.0941. The van der Waals surface area contributed by atoms with Crippen LogP contribution in [0.4, 0.5) is 0 Å². The standard InChI is InChI=1S/C18H25NO3/c1-21-15-8-9-16(17(11-15)22-2)18(20)13-5-4-10-19(12-13)14-6-3-7-14/h8-9,11,13-14H,3-7,10,12H2,1-2H3/t13-/m0/s1. The number of ether oxygens (including phenoxy) is 2. The summed E-state index contributed by atoms with van der Waals surface area (Å²) in [6.07, 6.45) is 6.04. The average Bonchev–Trinajstić information content (AvgIpc) is 2.52. The summed E-state index contributed by atoms with van der Waals surface area (Å²) in [5, 5.41) is 0. The van der Waals surface area contributed by atoms with Crippen molar-refractivity contribution in [3.8, 4) is 11.5 Å². The van der Waals surface area contributed by atoms with Crippen molar-refractivity contribution >= 4 is 5.78 Å². The van der Waals surface area contributed by atoms with Gasteiger partial charge in [-0.15, -0.1) is 0 Å². The van der Waals surface area contributed by atoms with Crippen LogP contribution in [0.15, 0.2) is 18.2 Å². The van der Waals surface area contributed by atoms with Gasteiger partial charge in [0, 0.05) is 24.6 Å². The molecule has 1 atom stereocenters. The second-order valence-corrected chi connectivity index (χ2v) is 6.35. The second kappa shape index (κ2) is 6.69. The molecule has 0 radical (unpaired) electrons. The molecule has 22 heavy (non-hydrogen) atoms. The third kappa shape index (κ3) is 2.98. The Bertz CT molecular complexity index is 539. The fourth-order valence-electron chi connectivity index (χ4n) is 3.53. The molecule has 0 N–H and O–H groups in total. The minimum Gasteiger partial charge on any atom is -0.497 e. The van der Waals surface area contributed by atoms with Gasteiger partial charge in [0.2, 0.25) is 0 Å². The number of piperidine rings is 1. The smallest absolute Gasteiger partial charge is 0.170 e. The van der Waals surface area contributed by atoms with Crippen molar-refractivity contribution in [1.82, 2.24) is 4.90 Å². The first-order chi connectivity index (χ1) is 10.7. The summed E-state index contributed by atoms with van der Waals surface area (Å²) in [6.45, 7) is 2.05. The van der Waals surface area contributed by atoms with Gasteiger partial charge < -0.3 is 9.47 Å². The van der Waals surface area contributed by atoms with E-state index in [-0.39, 0.29) is 11.7 Å². The fourth-order valence-corrected chi connectivity index (χ4v) is 3.53. The average molecular weight is 303 g/mol. The van der Waals surface area contributed by atoms with Crippen LogP contribution in [-0.4, -0.2) is 44.0 Å². The Hall–Kier alpha value is -1.55. The molecule has 4 nitrogen and oxygen atoms in total. The lowest BCUT2D eigenvalue weighted by molar-refractivity contribution is 0.0610. The Labute approximate surface area is 132 Å². The first-order valence-electron chi connectivity index (χ1n) is 8.23. The third-order valence-electron chi connectivity index (χ3n) is 5.09. The molecule has 1 heterocycles. The van der Waals surface area contributed by atoms with Gasteiger partial charge in [-0.3, -0.25) is 9.69 Å². The molecule has 1 saturated carbocycles. The molecule has 4 heteroatoms. The number of hydrogen-bond acceptors (Lipinski definition) is 4. The molecule has 2 aliphatic rings. The molecule has 120 valence electrons. The molecule has 3 rings (SSSR count). The van der Waals surface area contributed by atoms with Gasteiger partial charge in [0.15, 0.2) is 5.78 Å². The zero-order chi connectivity index (χ0) is 15.5. The number of methoxy groups -OCH3 is 2. The van der Waals surface area contributed by atoms with E-state index in [0.29, 0.717) is 23.1 Å². The molecule has 0 bridgehead atoms. The topological polar surface area (TPSA) is 38.8 Å². The molecular formula is C18H25NO3. The van der Waals surface area contributed by atoms with Crippen molar-refractivity contribution in [2.45, 2.75) is 38.1 Å². The highest BCUT2D eigenvalue weighted by atomic mass is 16.5. The minimum absolute atomic E-state index is 0.0941. The molecule has 1 aromatic rings. The molecular weight excluding hydrogens is 278 g/mol. The van der Waals surface area contributed by atoms with E-state index in [1.807, 2.05) is 12.1 Å². The molecule has 1 saturated heterocycles. The third-order valence-corrected chi connectivity index (χ3v) is 5.09. The maximum Gasteiger partial charge on any atom is 0.170 e. The number of carbonyl (C=O) groups excluding carboxylic acids is 1. The van der Waals surface area contributed by atoms with Crippen LogP contribution in [0.25, 0.3) is 0 Å². The second-order valence-electron chi connectivity index (χ2n) is 6.35. The van der Waals surface area contributed by atoms with E-state index < -0.39 is 0 Å². The van der Waals surface area contributed by atoms with E-state index in [9.17, 15) is 4.79 Å². The summed E-state index contributed by atoms with van der Waals surface area (Å²) in [5.74, 6) is 1.64. The van der Waals surface area contributed by atoms with E-state index in [1.165, 1.54) is 19.3 Å².